The molecule has 13 amide bonds. The molecule has 11 atom stereocenters. The molecule has 1 unspecified atom stereocenters. The van der Waals surface area contributed by atoms with Gasteiger partial charge in [-0.3, -0.25) is 73.1 Å². The van der Waals surface area contributed by atoms with Crippen LogP contribution in [0.2, 0.25) is 0 Å². The quantitative estimate of drug-likeness (QED) is 0.0188. The van der Waals surface area contributed by atoms with Crippen LogP contribution in [-0.4, -0.2) is 221 Å². The lowest BCUT2D eigenvalue weighted by Gasteiger charge is -2.30. The van der Waals surface area contributed by atoms with Gasteiger partial charge in [-0.05, 0) is 111 Å². The number of ether oxygens (including phenoxy) is 1. The number of aromatic amines is 1. The summed E-state index contributed by atoms with van der Waals surface area (Å²) >= 11 is 0. The van der Waals surface area contributed by atoms with Crippen LogP contribution >= 0.6 is 0 Å². The number of carboxylic acids is 1. The second kappa shape index (κ2) is 39.3. The number of aromatic nitrogens is 1. The number of fused-ring (bicyclic) bond motifs is 13. The van der Waals surface area contributed by atoms with Gasteiger partial charge < -0.3 is 111 Å². The number of para-hydroxylation sites is 1. The number of benzene rings is 3. The number of hydrogen-bond acceptors (Lipinski definition) is 18. The molecule has 24 N–H and O–H groups in total. The van der Waals surface area contributed by atoms with E-state index in [1.807, 2.05) is 48.5 Å². The Balaban J connectivity index is 1.18. The average molecular weight is 1500 g/mol. The van der Waals surface area contributed by atoms with Crippen molar-refractivity contribution in [1.29, 1.82) is 10.8 Å². The molecule has 3 aliphatic heterocycles. The summed E-state index contributed by atoms with van der Waals surface area (Å²) in [6.45, 7) is -1.00. The van der Waals surface area contributed by atoms with E-state index in [9.17, 15) is 77.3 Å². The third kappa shape index (κ3) is 23.2. The molecule has 0 radical (unpaired) electrons. The Morgan fingerprint density at radius 1 is 0.583 bits per heavy atom. The van der Waals surface area contributed by atoms with E-state index in [1.54, 1.807) is 30.3 Å². The number of guanidine groups is 2. The highest BCUT2D eigenvalue weighted by Gasteiger charge is 2.42. The van der Waals surface area contributed by atoms with Crippen molar-refractivity contribution in [1.82, 2.24) is 79.0 Å². The van der Waals surface area contributed by atoms with E-state index < -0.39 is 194 Å². The van der Waals surface area contributed by atoms with Crippen LogP contribution < -0.4 is 86.3 Å². The topological polar surface area (TPSA) is 590 Å². The second-order valence-corrected chi connectivity index (χ2v) is 26.7. The Morgan fingerprint density at radius 3 is 1.78 bits per heavy atom. The van der Waals surface area contributed by atoms with E-state index >= 15 is 0 Å². The molecule has 8 rings (SSSR count). The molecule has 1 aliphatic carbocycles. The summed E-state index contributed by atoms with van der Waals surface area (Å²) in [6, 6.07) is 5.90. The summed E-state index contributed by atoms with van der Waals surface area (Å²) < 4.78 is 5.64. The maximum Gasteiger partial charge on any atom is 0.407 e. The molecular weight excluding hydrogens is 1400 g/mol. The number of hydrogen-bond donors (Lipinski definition) is 21. The lowest BCUT2D eigenvalue weighted by Crippen LogP contribution is -2.61. The third-order valence-electron chi connectivity index (χ3n) is 18.7. The van der Waals surface area contributed by atoms with Gasteiger partial charge in [0.05, 0.1) is 13.0 Å². The molecule has 3 aromatic carbocycles. The Bertz CT molecular complexity index is 3980. The molecule has 0 saturated carbocycles. The number of alkyl carbamates (subject to hydrolysis) is 1. The van der Waals surface area contributed by atoms with Gasteiger partial charge in [-0.15, -0.1) is 0 Å². The molecule has 4 aromatic rings. The molecule has 37 nitrogen and oxygen atoms in total. The van der Waals surface area contributed by atoms with Crippen molar-refractivity contribution in [2.24, 2.45) is 17.2 Å². The molecule has 2 bridgehead atoms. The zero-order chi connectivity index (χ0) is 78.1. The van der Waals surface area contributed by atoms with Crippen LogP contribution in [0.25, 0.3) is 22.0 Å². The van der Waals surface area contributed by atoms with Crippen molar-refractivity contribution in [3.8, 4) is 11.1 Å². The number of nitrogens with one attached hydrogen (secondary N) is 16. The summed E-state index contributed by atoms with van der Waals surface area (Å²) in [6.07, 6.45) is -1.77. The van der Waals surface area contributed by atoms with Crippen LogP contribution in [0.4, 0.5) is 4.79 Å². The highest BCUT2D eigenvalue weighted by molar-refractivity contribution is 6.01. The molecule has 2 saturated heterocycles. The number of aliphatic hydroxyl groups is 1. The zero-order valence-electron chi connectivity index (χ0n) is 59.4. The molecule has 2 fully saturated rings. The predicted octanol–water partition coefficient (Wildman–Crippen LogP) is -3.49. The van der Waals surface area contributed by atoms with E-state index in [2.05, 4.69) is 74.1 Å². The van der Waals surface area contributed by atoms with Crippen LogP contribution in [0.5, 0.6) is 0 Å². The number of carboxylic acid groups (broad SMARTS) is 1. The van der Waals surface area contributed by atoms with Crippen molar-refractivity contribution in [3.05, 3.63) is 108 Å². The number of primary amides is 1. The van der Waals surface area contributed by atoms with Crippen molar-refractivity contribution in [3.63, 3.8) is 0 Å². The molecule has 108 heavy (non-hydrogen) atoms. The number of aliphatic carboxylic acids is 1. The number of carbonyl (C=O) groups is 14. The number of H-pyrrole nitrogens is 1. The maximum absolute atomic E-state index is 14.9. The molecule has 0 spiro atoms. The van der Waals surface area contributed by atoms with Gasteiger partial charge in [0, 0.05) is 43.2 Å². The summed E-state index contributed by atoms with van der Waals surface area (Å²) in [5.74, 6) is -15.4. The minimum absolute atomic E-state index is 0.0128. The zero-order valence-corrected chi connectivity index (χ0v) is 59.4. The van der Waals surface area contributed by atoms with Gasteiger partial charge in [0.25, 0.3) is 0 Å². The first-order valence-electron chi connectivity index (χ1n) is 35.6. The fourth-order valence-corrected chi connectivity index (χ4v) is 13.1. The van der Waals surface area contributed by atoms with E-state index in [1.165, 1.54) is 19.1 Å². The van der Waals surface area contributed by atoms with E-state index in [0.29, 0.717) is 11.2 Å². The molecule has 4 heterocycles. The number of rotatable bonds is 19. The van der Waals surface area contributed by atoms with Crippen molar-refractivity contribution < 1.29 is 82.1 Å². The Labute approximate surface area is 620 Å². The summed E-state index contributed by atoms with van der Waals surface area (Å²) in [5.41, 5.74) is 21.8. The average Bonchev–Trinajstić information content (AvgIpc) is 1.62. The number of aliphatic hydroxyl groups excluding tert-OH is 1. The molecule has 37 heteroatoms. The van der Waals surface area contributed by atoms with Crippen LogP contribution in [-0.2, 0) is 73.5 Å². The Morgan fingerprint density at radius 2 is 1.14 bits per heavy atom. The summed E-state index contributed by atoms with van der Waals surface area (Å²) in [5, 5.41) is 69.9. The number of nitrogens with two attached hydrogens (primary N) is 3. The molecule has 580 valence electrons. The lowest BCUT2D eigenvalue weighted by atomic mass is 9.98. The van der Waals surface area contributed by atoms with Gasteiger partial charge in [-0.1, -0.05) is 91.7 Å². The van der Waals surface area contributed by atoms with Crippen LogP contribution in [0, 0.1) is 10.8 Å². The van der Waals surface area contributed by atoms with Crippen LogP contribution in [0.3, 0.4) is 0 Å². The molecule has 4 aliphatic rings. The standard InChI is InChI=1S/C71H94N20O17/c1-37-59(97)88-52(32-39-31-38-15-2-7-20-45(38)81-39)65(103)86-50(25-12-28-77-69(73)74)62(100)83-46(58(72)96)21-8-9-24-49-64(102)90-54(35-92)66(104)89-53(33-57(94)95)68(106)91-30-14-27-55(91)67(105)87-51(26-13-29-78-70(75)76)63(101)84-48(60(98)80-37)23-11-10-22-47(61(99)85-49)82-56(93)34-79-71(107)108-36-44-42-18-5-3-16-40(42)41-17-4-6-19-43(41)44/h2-9,15-20,31,37,44,46-55,81,92H,10-14,21-30,32-36H2,1H3,(H2,72,96)(H,79,107)(H,80,98)(H,82,93)(H,83,100)(H,84,101)(H,85,99)(H,86,103)(H,87,105)(H,88,97)(H,89,104)(H,90,102)(H,94,95)(H4,73,74,77)(H4,75,76,78)/t37-,46-,47-,48-,49-,50-,51-,52-,53-,54-,55?/m0/s1. The van der Waals surface area contributed by atoms with Gasteiger partial charge in [0.15, 0.2) is 11.9 Å². The highest BCUT2D eigenvalue weighted by Crippen LogP contribution is 2.44. The number of amides is 13. The van der Waals surface area contributed by atoms with Gasteiger partial charge in [0.2, 0.25) is 70.9 Å². The smallest absolute Gasteiger partial charge is 0.407 e. The first-order chi connectivity index (χ1) is 51.7. The van der Waals surface area contributed by atoms with Crippen molar-refractivity contribution in [2.75, 3.05) is 39.4 Å². The van der Waals surface area contributed by atoms with Crippen LogP contribution in [0.15, 0.2) is 91.0 Å². The Hall–Kier alpha value is -12.2. The fourth-order valence-electron chi connectivity index (χ4n) is 13.1. The SMILES string of the molecule is C[C@@H]1NC(=O)[C@@H]2CCCC[C@H](NC(=O)CNC(=O)OCC3c4ccccc4-c4ccccc43)C(=O)N[C@@H](CC=CC[C@@H](C(N)=O)NC(=O)[C@H](CCCNC(=N)N)NC(=O)[C@H](Cc3cc4ccccc4[nH]3)NC1=O)C(=O)N[C@@H](CO)C(=O)N[C@@H](CC(=O)O)C(=O)N1CCCC1C(=O)N[C@@H](CCCNC(=N)N)C(=O)N2. The largest absolute Gasteiger partial charge is 0.481 e. The highest BCUT2D eigenvalue weighted by atomic mass is 16.5. The van der Waals surface area contributed by atoms with Gasteiger partial charge in [-0.2, -0.15) is 0 Å². The number of nitrogens with zero attached hydrogens (tertiary/aromatic N) is 1. The number of carbonyl (C=O) groups excluding carboxylic acids is 13. The summed E-state index contributed by atoms with van der Waals surface area (Å²) in [4.78, 5) is 204. The molecule has 1 aromatic heterocycles. The first-order valence-corrected chi connectivity index (χ1v) is 35.6. The lowest BCUT2D eigenvalue weighted by molar-refractivity contribution is -0.146. The van der Waals surface area contributed by atoms with Gasteiger partial charge in [-0.25, -0.2) is 4.79 Å². The van der Waals surface area contributed by atoms with Crippen LogP contribution in [0.1, 0.15) is 113 Å². The van der Waals surface area contributed by atoms with E-state index in [4.69, 9.17) is 32.8 Å². The normalized spacial score (nSPS) is 24.0. The van der Waals surface area contributed by atoms with Gasteiger partial charge >= 0.3 is 12.1 Å². The van der Waals surface area contributed by atoms with E-state index in [-0.39, 0.29) is 103 Å². The summed E-state index contributed by atoms with van der Waals surface area (Å²) in [7, 11) is 0. The van der Waals surface area contributed by atoms with Gasteiger partial charge in [0.1, 0.15) is 79.6 Å². The minimum Gasteiger partial charge on any atom is -0.481 e. The fraction of sp³-hybridized carbons (Fsp3) is 0.465. The maximum atomic E-state index is 14.9. The third-order valence-corrected chi connectivity index (χ3v) is 18.7. The van der Waals surface area contributed by atoms with E-state index in [0.717, 1.165) is 32.5 Å². The predicted molar refractivity (Wildman–Crippen MR) is 388 cm³/mol. The first kappa shape index (κ1) is 81.5. The minimum atomic E-state index is -2.00. The second-order valence-electron chi connectivity index (χ2n) is 26.7. The van der Waals surface area contributed by atoms with Crippen molar-refractivity contribution in [2.45, 2.75) is 169 Å². The Kier molecular flexibility index (Phi) is 29.6. The molecular formula is C71H94N20O17. The van der Waals surface area contributed by atoms with Crippen molar-refractivity contribution >= 4 is 106 Å². The monoisotopic (exact) mass is 1500 g/mol.